The third-order valence-electron chi connectivity index (χ3n) is 4.35. The fraction of sp³-hybridized carbons (Fsp3) is 0.318. The van der Waals surface area contributed by atoms with Gasteiger partial charge in [0.15, 0.2) is 5.16 Å². The molecule has 1 N–H and O–H groups in total. The standard InChI is InChI=1S/C22H25ClN4O2S/c1-22(2,3)16-7-9-19(10-8-16)29-12-11-24-20(28)14-30-21-26-25-15-27(21)18-6-4-5-17(23)13-18/h4-10,13,15H,11-12,14H2,1-3H3,(H,24,28). The number of carbonyl (C=O) groups is 1. The van der Waals surface area contributed by atoms with Crippen molar-refractivity contribution in [1.29, 1.82) is 0 Å². The van der Waals surface area contributed by atoms with Crippen LogP contribution in [0.25, 0.3) is 5.69 Å². The van der Waals surface area contributed by atoms with Crippen molar-refractivity contribution in [2.75, 3.05) is 18.9 Å². The highest BCUT2D eigenvalue weighted by Gasteiger charge is 2.13. The van der Waals surface area contributed by atoms with Gasteiger partial charge in [0.05, 0.1) is 18.0 Å². The van der Waals surface area contributed by atoms with Crippen LogP contribution in [0.3, 0.4) is 0 Å². The molecule has 0 spiro atoms. The van der Waals surface area contributed by atoms with Crippen molar-refractivity contribution >= 4 is 29.3 Å². The summed E-state index contributed by atoms with van der Waals surface area (Å²) in [6.07, 6.45) is 1.60. The second-order valence-electron chi connectivity index (χ2n) is 7.72. The molecule has 0 saturated heterocycles. The molecule has 1 heterocycles. The Hall–Kier alpha value is -2.51. The lowest BCUT2D eigenvalue weighted by Gasteiger charge is -2.19. The Kier molecular flexibility index (Phi) is 7.39. The van der Waals surface area contributed by atoms with Gasteiger partial charge >= 0.3 is 0 Å². The van der Waals surface area contributed by atoms with E-state index in [1.807, 2.05) is 30.3 Å². The topological polar surface area (TPSA) is 69.0 Å². The molecule has 0 radical (unpaired) electrons. The number of hydrogen-bond donors (Lipinski definition) is 1. The van der Waals surface area contributed by atoms with Gasteiger partial charge in [-0.25, -0.2) is 0 Å². The Labute approximate surface area is 186 Å². The average Bonchev–Trinajstić information content (AvgIpc) is 3.18. The molecule has 0 aliphatic rings. The number of hydrogen-bond acceptors (Lipinski definition) is 5. The molecule has 0 saturated carbocycles. The molecule has 0 aliphatic carbocycles. The highest BCUT2D eigenvalue weighted by Crippen LogP contribution is 2.24. The third-order valence-corrected chi connectivity index (χ3v) is 5.53. The summed E-state index contributed by atoms with van der Waals surface area (Å²) in [5, 5.41) is 12.1. The van der Waals surface area contributed by atoms with E-state index in [1.54, 1.807) is 17.0 Å². The number of benzene rings is 2. The molecule has 6 nitrogen and oxygen atoms in total. The Balaban J connectivity index is 1.41. The van der Waals surface area contributed by atoms with Crippen LogP contribution in [0.15, 0.2) is 60.0 Å². The fourth-order valence-electron chi connectivity index (χ4n) is 2.72. The molecule has 0 unspecified atom stereocenters. The number of ether oxygens (including phenoxy) is 1. The van der Waals surface area contributed by atoms with E-state index >= 15 is 0 Å². The second-order valence-corrected chi connectivity index (χ2v) is 9.10. The Bertz CT molecular complexity index is 983. The summed E-state index contributed by atoms with van der Waals surface area (Å²) in [4.78, 5) is 12.1. The summed E-state index contributed by atoms with van der Waals surface area (Å²) in [5.41, 5.74) is 2.22. The van der Waals surface area contributed by atoms with Gasteiger partial charge in [0.2, 0.25) is 5.91 Å². The van der Waals surface area contributed by atoms with Gasteiger partial charge in [-0.15, -0.1) is 10.2 Å². The molecule has 1 aromatic heterocycles. The van der Waals surface area contributed by atoms with Crippen LogP contribution in [-0.4, -0.2) is 39.6 Å². The van der Waals surface area contributed by atoms with Gasteiger partial charge in [0.1, 0.15) is 18.7 Å². The van der Waals surface area contributed by atoms with Gasteiger partial charge in [0.25, 0.3) is 0 Å². The van der Waals surface area contributed by atoms with Crippen LogP contribution >= 0.6 is 23.4 Å². The zero-order chi connectivity index (χ0) is 21.6. The minimum Gasteiger partial charge on any atom is -0.492 e. The first-order valence-corrected chi connectivity index (χ1v) is 11.0. The lowest BCUT2D eigenvalue weighted by atomic mass is 9.87. The molecule has 3 aromatic rings. The van der Waals surface area contributed by atoms with Crippen LogP contribution in [0.5, 0.6) is 5.75 Å². The number of rotatable bonds is 8. The fourth-order valence-corrected chi connectivity index (χ4v) is 3.66. The van der Waals surface area contributed by atoms with Crippen molar-refractivity contribution in [3.05, 3.63) is 65.4 Å². The molecule has 8 heteroatoms. The predicted molar refractivity (Wildman–Crippen MR) is 121 cm³/mol. The maximum Gasteiger partial charge on any atom is 0.230 e. The maximum atomic E-state index is 12.1. The first-order valence-electron chi connectivity index (χ1n) is 9.62. The summed E-state index contributed by atoms with van der Waals surface area (Å²) in [7, 11) is 0. The van der Waals surface area contributed by atoms with E-state index in [9.17, 15) is 4.79 Å². The highest BCUT2D eigenvalue weighted by atomic mass is 35.5. The summed E-state index contributed by atoms with van der Waals surface area (Å²) >= 11 is 7.36. The Morgan fingerprint density at radius 3 is 2.67 bits per heavy atom. The first-order chi connectivity index (χ1) is 14.3. The Morgan fingerprint density at radius 1 is 1.20 bits per heavy atom. The van der Waals surface area contributed by atoms with Gasteiger partial charge in [-0.2, -0.15) is 0 Å². The summed E-state index contributed by atoms with van der Waals surface area (Å²) in [6, 6.07) is 15.4. The third kappa shape index (κ3) is 6.24. The summed E-state index contributed by atoms with van der Waals surface area (Å²) < 4.78 is 7.50. The number of halogens is 1. The van der Waals surface area contributed by atoms with Crippen LogP contribution in [-0.2, 0) is 10.2 Å². The molecule has 0 fully saturated rings. The summed E-state index contributed by atoms with van der Waals surface area (Å²) in [5.74, 6) is 0.938. The van der Waals surface area contributed by atoms with Crippen LogP contribution < -0.4 is 10.1 Å². The van der Waals surface area contributed by atoms with Gasteiger partial charge < -0.3 is 10.1 Å². The number of carbonyl (C=O) groups excluding carboxylic acids is 1. The molecule has 0 bridgehead atoms. The van der Waals surface area contributed by atoms with Crippen LogP contribution in [0.2, 0.25) is 5.02 Å². The van der Waals surface area contributed by atoms with Crippen LogP contribution in [0, 0.1) is 0 Å². The van der Waals surface area contributed by atoms with E-state index in [0.29, 0.717) is 23.3 Å². The minimum atomic E-state index is -0.0904. The molecule has 0 aliphatic heterocycles. The second kappa shape index (κ2) is 10.00. The van der Waals surface area contributed by atoms with E-state index in [-0.39, 0.29) is 17.1 Å². The van der Waals surface area contributed by atoms with E-state index in [4.69, 9.17) is 16.3 Å². The van der Waals surface area contributed by atoms with Gasteiger partial charge in [-0.1, -0.05) is 62.3 Å². The minimum absolute atomic E-state index is 0.0904. The number of nitrogens with one attached hydrogen (secondary N) is 1. The number of aromatic nitrogens is 3. The van der Waals surface area contributed by atoms with Crippen molar-refractivity contribution in [3.8, 4) is 11.4 Å². The molecule has 158 valence electrons. The van der Waals surface area contributed by atoms with Crippen LogP contribution in [0.4, 0.5) is 0 Å². The lowest BCUT2D eigenvalue weighted by molar-refractivity contribution is -0.118. The predicted octanol–water partition coefficient (Wildman–Crippen LogP) is 4.51. The molecule has 0 atom stereocenters. The first kappa shape index (κ1) is 22.2. The SMILES string of the molecule is CC(C)(C)c1ccc(OCCNC(=O)CSc2nncn2-c2cccc(Cl)c2)cc1. The quantitative estimate of drug-likeness (QED) is 0.409. The zero-order valence-corrected chi connectivity index (χ0v) is 18.8. The number of amides is 1. The molecule has 1 amide bonds. The lowest BCUT2D eigenvalue weighted by Crippen LogP contribution is -2.29. The largest absolute Gasteiger partial charge is 0.492 e. The smallest absolute Gasteiger partial charge is 0.230 e. The van der Waals surface area contributed by atoms with Gasteiger partial charge in [0, 0.05) is 5.02 Å². The zero-order valence-electron chi connectivity index (χ0n) is 17.3. The number of nitrogens with zero attached hydrogens (tertiary/aromatic N) is 3. The average molecular weight is 445 g/mol. The normalized spacial score (nSPS) is 11.3. The van der Waals surface area contributed by atoms with E-state index in [2.05, 4.69) is 48.4 Å². The van der Waals surface area contributed by atoms with Crippen molar-refractivity contribution < 1.29 is 9.53 Å². The van der Waals surface area contributed by atoms with Gasteiger partial charge in [-0.05, 0) is 41.3 Å². The van der Waals surface area contributed by atoms with Crippen LogP contribution in [0.1, 0.15) is 26.3 Å². The molecular weight excluding hydrogens is 420 g/mol. The van der Waals surface area contributed by atoms with Crippen molar-refractivity contribution in [2.45, 2.75) is 31.3 Å². The monoisotopic (exact) mass is 444 g/mol. The molecule has 3 rings (SSSR count). The van der Waals surface area contributed by atoms with Gasteiger partial charge in [-0.3, -0.25) is 9.36 Å². The van der Waals surface area contributed by atoms with Crippen molar-refractivity contribution in [2.24, 2.45) is 0 Å². The Morgan fingerprint density at radius 2 is 1.97 bits per heavy atom. The van der Waals surface area contributed by atoms with E-state index in [0.717, 1.165) is 11.4 Å². The van der Waals surface area contributed by atoms with Crippen molar-refractivity contribution in [3.63, 3.8) is 0 Å². The molecule has 30 heavy (non-hydrogen) atoms. The van der Waals surface area contributed by atoms with E-state index < -0.39 is 0 Å². The van der Waals surface area contributed by atoms with E-state index in [1.165, 1.54) is 17.3 Å². The molecule has 2 aromatic carbocycles. The highest BCUT2D eigenvalue weighted by molar-refractivity contribution is 7.99. The van der Waals surface area contributed by atoms with Crippen molar-refractivity contribution in [1.82, 2.24) is 20.1 Å². The summed E-state index contributed by atoms with van der Waals surface area (Å²) in [6.45, 7) is 7.36. The number of thioether (sulfide) groups is 1. The maximum absolute atomic E-state index is 12.1. The molecular formula is C22H25ClN4O2S.